The summed E-state index contributed by atoms with van der Waals surface area (Å²) in [5, 5.41) is 0. The van der Waals surface area contributed by atoms with Crippen molar-refractivity contribution < 1.29 is 4.74 Å². The molecule has 1 atom stereocenters. The molecule has 0 fully saturated rings. The van der Waals surface area contributed by atoms with E-state index in [2.05, 4.69) is 11.9 Å². The highest BCUT2D eigenvalue weighted by atomic mass is 16.5. The first kappa shape index (κ1) is 8.11. The van der Waals surface area contributed by atoms with Crippen molar-refractivity contribution in [2.24, 2.45) is 16.6 Å². The molecule has 0 aliphatic carbocycles. The molecule has 1 aliphatic heterocycles. The van der Waals surface area contributed by atoms with Crippen LogP contribution in [0.4, 0.5) is 0 Å². The van der Waals surface area contributed by atoms with Crippen LogP contribution in [0.5, 0.6) is 0 Å². The van der Waals surface area contributed by atoms with Gasteiger partial charge in [0.1, 0.15) is 11.6 Å². The summed E-state index contributed by atoms with van der Waals surface area (Å²) in [4.78, 5) is 4.06. The Labute approximate surface area is 66.9 Å². The van der Waals surface area contributed by atoms with Gasteiger partial charge >= 0.3 is 0 Å². The SMILES string of the molecule is COC1=CN=C(N)C(C)CC1. The average Bonchev–Trinajstić information content (AvgIpc) is 2.16. The van der Waals surface area contributed by atoms with Gasteiger partial charge in [-0.15, -0.1) is 0 Å². The van der Waals surface area contributed by atoms with Crippen molar-refractivity contribution in [2.75, 3.05) is 7.11 Å². The van der Waals surface area contributed by atoms with Gasteiger partial charge in [-0.25, -0.2) is 4.99 Å². The number of methoxy groups -OCH3 is 1. The Morgan fingerprint density at radius 2 is 2.45 bits per heavy atom. The van der Waals surface area contributed by atoms with Crippen LogP contribution in [0.25, 0.3) is 0 Å². The standard InChI is InChI=1S/C8H14N2O/c1-6-3-4-7(11-2)5-10-8(6)9/h5-6H,3-4H2,1-2H3,(H2,9,10). The van der Waals surface area contributed by atoms with E-state index in [0.29, 0.717) is 11.8 Å². The van der Waals surface area contributed by atoms with Gasteiger partial charge in [0.05, 0.1) is 13.3 Å². The minimum atomic E-state index is 0.374. The van der Waals surface area contributed by atoms with Crippen molar-refractivity contribution in [3.63, 3.8) is 0 Å². The zero-order valence-electron chi connectivity index (χ0n) is 7.00. The normalized spacial score (nSPS) is 25.1. The van der Waals surface area contributed by atoms with Crippen molar-refractivity contribution in [3.8, 4) is 0 Å². The van der Waals surface area contributed by atoms with Crippen LogP contribution >= 0.6 is 0 Å². The molecule has 62 valence electrons. The lowest BCUT2D eigenvalue weighted by Crippen LogP contribution is -2.19. The van der Waals surface area contributed by atoms with Crippen LogP contribution in [0, 0.1) is 5.92 Å². The van der Waals surface area contributed by atoms with Crippen LogP contribution in [0.3, 0.4) is 0 Å². The van der Waals surface area contributed by atoms with Crippen molar-refractivity contribution in [2.45, 2.75) is 19.8 Å². The average molecular weight is 154 g/mol. The Kier molecular flexibility index (Phi) is 2.52. The van der Waals surface area contributed by atoms with Gasteiger partial charge in [-0.1, -0.05) is 6.92 Å². The third-order valence-corrected chi connectivity index (χ3v) is 1.95. The number of rotatable bonds is 1. The topological polar surface area (TPSA) is 47.6 Å². The van der Waals surface area contributed by atoms with E-state index in [1.807, 2.05) is 0 Å². The molecule has 1 rings (SSSR count). The number of hydrogen-bond donors (Lipinski definition) is 1. The van der Waals surface area contributed by atoms with Crippen molar-refractivity contribution in [1.29, 1.82) is 0 Å². The lowest BCUT2D eigenvalue weighted by Gasteiger charge is -2.06. The van der Waals surface area contributed by atoms with Gasteiger partial charge in [-0.3, -0.25) is 0 Å². The first-order chi connectivity index (χ1) is 5.24. The van der Waals surface area contributed by atoms with E-state index in [0.717, 1.165) is 18.6 Å². The predicted octanol–water partition coefficient (Wildman–Crippen LogP) is 1.26. The van der Waals surface area contributed by atoms with Gasteiger partial charge in [-0.05, 0) is 6.42 Å². The van der Waals surface area contributed by atoms with E-state index >= 15 is 0 Å². The lowest BCUT2D eigenvalue weighted by molar-refractivity contribution is 0.273. The van der Waals surface area contributed by atoms with Crippen LogP contribution < -0.4 is 5.73 Å². The van der Waals surface area contributed by atoms with E-state index in [1.54, 1.807) is 13.3 Å². The van der Waals surface area contributed by atoms with Gasteiger partial charge in [-0.2, -0.15) is 0 Å². The fourth-order valence-corrected chi connectivity index (χ4v) is 1.000. The largest absolute Gasteiger partial charge is 0.500 e. The maximum absolute atomic E-state index is 5.65. The molecule has 1 heterocycles. The molecule has 0 saturated carbocycles. The summed E-state index contributed by atoms with van der Waals surface area (Å²) in [5.74, 6) is 1.99. The van der Waals surface area contributed by atoms with Crippen molar-refractivity contribution in [1.82, 2.24) is 0 Å². The Morgan fingerprint density at radius 3 is 3.09 bits per heavy atom. The highest BCUT2D eigenvalue weighted by Gasteiger charge is 2.11. The highest BCUT2D eigenvalue weighted by Crippen LogP contribution is 2.16. The Bertz CT molecular complexity index is 190. The highest BCUT2D eigenvalue weighted by molar-refractivity contribution is 5.83. The molecular weight excluding hydrogens is 140 g/mol. The van der Waals surface area contributed by atoms with Gasteiger partial charge in [0.15, 0.2) is 0 Å². The third-order valence-electron chi connectivity index (χ3n) is 1.95. The smallest absolute Gasteiger partial charge is 0.114 e. The maximum atomic E-state index is 5.65. The van der Waals surface area contributed by atoms with Gasteiger partial charge in [0, 0.05) is 12.3 Å². The quantitative estimate of drug-likeness (QED) is 0.618. The molecule has 0 bridgehead atoms. The molecule has 11 heavy (non-hydrogen) atoms. The summed E-state index contributed by atoms with van der Waals surface area (Å²) in [7, 11) is 1.66. The van der Waals surface area contributed by atoms with Crippen LogP contribution in [0.1, 0.15) is 19.8 Å². The fraction of sp³-hybridized carbons (Fsp3) is 0.625. The molecule has 3 heteroatoms. The molecule has 1 unspecified atom stereocenters. The van der Waals surface area contributed by atoms with Crippen LogP contribution in [0.15, 0.2) is 17.0 Å². The summed E-state index contributed by atoms with van der Waals surface area (Å²) in [6.45, 7) is 2.07. The molecule has 0 radical (unpaired) electrons. The number of hydrogen-bond acceptors (Lipinski definition) is 3. The zero-order chi connectivity index (χ0) is 8.27. The predicted molar refractivity (Wildman–Crippen MR) is 45.1 cm³/mol. The van der Waals surface area contributed by atoms with Crippen LogP contribution in [0.2, 0.25) is 0 Å². The van der Waals surface area contributed by atoms with E-state index in [-0.39, 0.29) is 0 Å². The van der Waals surface area contributed by atoms with Gasteiger partial charge < -0.3 is 10.5 Å². The zero-order valence-corrected chi connectivity index (χ0v) is 7.00. The van der Waals surface area contributed by atoms with Crippen LogP contribution in [-0.4, -0.2) is 12.9 Å². The molecule has 0 aromatic rings. The number of nitrogens with zero attached hydrogens (tertiary/aromatic N) is 1. The minimum absolute atomic E-state index is 0.374. The Hall–Kier alpha value is -0.990. The van der Waals surface area contributed by atoms with E-state index in [4.69, 9.17) is 10.5 Å². The molecule has 0 aromatic heterocycles. The Morgan fingerprint density at radius 1 is 1.73 bits per heavy atom. The minimum Gasteiger partial charge on any atom is -0.500 e. The second-order valence-electron chi connectivity index (χ2n) is 2.79. The van der Waals surface area contributed by atoms with E-state index < -0.39 is 0 Å². The van der Waals surface area contributed by atoms with Crippen LogP contribution in [-0.2, 0) is 4.74 Å². The number of aliphatic imine (C=N–C) groups is 1. The molecule has 3 nitrogen and oxygen atoms in total. The monoisotopic (exact) mass is 154 g/mol. The second-order valence-corrected chi connectivity index (χ2v) is 2.79. The number of nitrogens with two attached hydrogens (primary N) is 1. The van der Waals surface area contributed by atoms with Crippen molar-refractivity contribution >= 4 is 5.84 Å². The summed E-state index contributed by atoms with van der Waals surface area (Å²) in [5.41, 5.74) is 5.65. The number of ether oxygens (including phenoxy) is 1. The van der Waals surface area contributed by atoms with Crippen molar-refractivity contribution in [3.05, 3.63) is 12.0 Å². The molecule has 1 aliphatic rings. The fourth-order valence-electron chi connectivity index (χ4n) is 1.000. The molecule has 2 N–H and O–H groups in total. The van der Waals surface area contributed by atoms with Gasteiger partial charge in [0.25, 0.3) is 0 Å². The summed E-state index contributed by atoms with van der Waals surface area (Å²) < 4.78 is 5.07. The maximum Gasteiger partial charge on any atom is 0.114 e. The van der Waals surface area contributed by atoms with E-state index in [9.17, 15) is 0 Å². The summed E-state index contributed by atoms with van der Waals surface area (Å²) in [6.07, 6.45) is 3.66. The first-order valence-corrected chi connectivity index (χ1v) is 3.80. The molecule has 0 amide bonds. The third kappa shape index (κ3) is 1.97. The first-order valence-electron chi connectivity index (χ1n) is 3.80. The molecule has 0 aromatic carbocycles. The second kappa shape index (κ2) is 3.42. The lowest BCUT2D eigenvalue weighted by atomic mass is 10.1. The Balaban J connectivity index is 2.67. The summed E-state index contributed by atoms with van der Waals surface area (Å²) in [6, 6.07) is 0. The summed E-state index contributed by atoms with van der Waals surface area (Å²) >= 11 is 0. The number of allylic oxidation sites excluding steroid dienone is 1. The number of amidine groups is 1. The van der Waals surface area contributed by atoms with E-state index in [1.165, 1.54) is 0 Å². The molecule has 0 saturated heterocycles. The molecule has 0 spiro atoms. The van der Waals surface area contributed by atoms with Gasteiger partial charge in [0.2, 0.25) is 0 Å². The molecular formula is C8H14N2O.